The highest BCUT2D eigenvalue weighted by Gasteiger charge is 2.32. The van der Waals surface area contributed by atoms with Crippen LogP contribution in [0.2, 0.25) is 5.02 Å². The van der Waals surface area contributed by atoms with E-state index in [0.29, 0.717) is 23.4 Å². The number of hydrogen-bond donors (Lipinski definition) is 0. The smallest absolute Gasteiger partial charge is 0.235 e. The number of hydrogen-bond acceptors (Lipinski definition) is 5. The summed E-state index contributed by atoms with van der Waals surface area (Å²) < 4.78 is 8.02. The number of para-hydroxylation sites is 1. The van der Waals surface area contributed by atoms with Gasteiger partial charge < -0.3 is 9.64 Å². The minimum Gasteiger partial charge on any atom is -0.484 e. The number of carbonyl (C=O) groups is 1. The molecular formula is C21H27ClN4O2S. The Morgan fingerprint density at radius 3 is 2.62 bits per heavy atom. The van der Waals surface area contributed by atoms with Gasteiger partial charge in [-0.3, -0.25) is 9.36 Å². The number of rotatable bonds is 7. The molecule has 156 valence electrons. The summed E-state index contributed by atoms with van der Waals surface area (Å²) in [6, 6.07) is 7.82. The Balaban J connectivity index is 1.44. The van der Waals surface area contributed by atoms with Crippen molar-refractivity contribution in [3.8, 4) is 5.75 Å². The maximum absolute atomic E-state index is 12.9. The average molecular weight is 435 g/mol. The van der Waals surface area contributed by atoms with Crippen molar-refractivity contribution in [2.75, 3.05) is 13.1 Å². The average Bonchev–Trinajstić information content (AvgIpc) is 3.53. The van der Waals surface area contributed by atoms with E-state index in [9.17, 15) is 4.79 Å². The van der Waals surface area contributed by atoms with E-state index in [-0.39, 0.29) is 11.2 Å². The molecule has 1 saturated heterocycles. The summed E-state index contributed by atoms with van der Waals surface area (Å²) in [6.45, 7) is 4.03. The first-order chi connectivity index (χ1) is 14.1. The molecule has 1 atom stereocenters. The summed E-state index contributed by atoms with van der Waals surface area (Å²) in [6.07, 6.45) is 6.86. The normalized spacial score (nSPS) is 18.3. The molecule has 0 spiro atoms. The van der Waals surface area contributed by atoms with Crippen molar-refractivity contribution in [3.63, 3.8) is 0 Å². The van der Waals surface area contributed by atoms with Gasteiger partial charge in [0.2, 0.25) is 5.91 Å². The van der Waals surface area contributed by atoms with Crippen molar-refractivity contribution >= 4 is 29.3 Å². The number of ether oxygens (including phenoxy) is 1. The SMILES string of the molecule is C[C@@H](Sc1nnc(COc2ccccc2Cl)n1C1CC1)C(=O)N1CCCCCC1. The van der Waals surface area contributed by atoms with Gasteiger partial charge in [0.25, 0.3) is 0 Å². The fourth-order valence-electron chi connectivity index (χ4n) is 3.65. The number of amides is 1. The van der Waals surface area contributed by atoms with E-state index >= 15 is 0 Å². The van der Waals surface area contributed by atoms with Crippen molar-refractivity contribution in [1.82, 2.24) is 19.7 Å². The molecule has 2 fully saturated rings. The molecule has 4 rings (SSSR count). The van der Waals surface area contributed by atoms with Gasteiger partial charge >= 0.3 is 0 Å². The molecule has 1 aromatic heterocycles. The molecule has 0 radical (unpaired) electrons. The van der Waals surface area contributed by atoms with Gasteiger partial charge in [0.15, 0.2) is 11.0 Å². The molecule has 8 heteroatoms. The number of thioether (sulfide) groups is 1. The molecule has 2 aromatic rings. The minimum atomic E-state index is -0.174. The van der Waals surface area contributed by atoms with Crippen molar-refractivity contribution in [2.24, 2.45) is 0 Å². The van der Waals surface area contributed by atoms with Crippen LogP contribution in [0.1, 0.15) is 57.3 Å². The quantitative estimate of drug-likeness (QED) is 0.589. The lowest BCUT2D eigenvalue weighted by molar-refractivity contribution is -0.130. The van der Waals surface area contributed by atoms with Crippen LogP contribution < -0.4 is 4.74 Å². The Kier molecular flexibility index (Phi) is 6.65. The van der Waals surface area contributed by atoms with Crippen LogP contribution in [0.4, 0.5) is 0 Å². The Labute approximate surface area is 181 Å². The van der Waals surface area contributed by atoms with E-state index in [1.54, 1.807) is 6.07 Å². The zero-order valence-corrected chi connectivity index (χ0v) is 18.3. The summed E-state index contributed by atoms with van der Waals surface area (Å²) in [4.78, 5) is 14.9. The number of carbonyl (C=O) groups excluding carboxylic acids is 1. The maximum Gasteiger partial charge on any atom is 0.235 e. The highest BCUT2D eigenvalue weighted by atomic mass is 35.5. The van der Waals surface area contributed by atoms with Gasteiger partial charge in [-0.2, -0.15) is 0 Å². The lowest BCUT2D eigenvalue weighted by Gasteiger charge is -2.23. The molecule has 1 aliphatic carbocycles. The van der Waals surface area contributed by atoms with Crippen molar-refractivity contribution in [2.45, 2.75) is 68.5 Å². The fraction of sp³-hybridized carbons (Fsp3) is 0.571. The second-order valence-corrected chi connectivity index (χ2v) is 9.43. The van der Waals surface area contributed by atoms with Gasteiger partial charge in [-0.05, 0) is 44.7 Å². The molecule has 1 saturated carbocycles. The van der Waals surface area contributed by atoms with Gasteiger partial charge in [0, 0.05) is 19.1 Å². The Morgan fingerprint density at radius 2 is 1.93 bits per heavy atom. The Morgan fingerprint density at radius 1 is 1.21 bits per heavy atom. The van der Waals surface area contributed by atoms with Crippen LogP contribution >= 0.6 is 23.4 Å². The van der Waals surface area contributed by atoms with E-state index in [4.69, 9.17) is 16.3 Å². The highest BCUT2D eigenvalue weighted by molar-refractivity contribution is 8.00. The number of benzene rings is 1. The third kappa shape index (κ3) is 5.07. The van der Waals surface area contributed by atoms with E-state index in [2.05, 4.69) is 14.8 Å². The number of halogens is 1. The number of aromatic nitrogens is 3. The Hall–Kier alpha value is -1.73. The van der Waals surface area contributed by atoms with Crippen LogP contribution in [0, 0.1) is 0 Å². The lowest BCUT2D eigenvalue weighted by atomic mass is 10.2. The topological polar surface area (TPSA) is 60.3 Å². The standard InChI is InChI=1S/C21H27ClN4O2S/c1-15(20(27)25-12-6-2-3-7-13-25)29-21-24-23-19(26(21)16-10-11-16)14-28-18-9-5-4-8-17(18)22/h4-5,8-9,15-16H,2-3,6-7,10-14H2,1H3/t15-/m1/s1. The molecule has 2 heterocycles. The predicted molar refractivity (Wildman–Crippen MR) is 114 cm³/mol. The van der Waals surface area contributed by atoms with Crippen molar-refractivity contribution in [1.29, 1.82) is 0 Å². The molecule has 29 heavy (non-hydrogen) atoms. The summed E-state index contributed by atoms with van der Waals surface area (Å²) in [5.41, 5.74) is 0. The second kappa shape index (κ2) is 9.39. The zero-order chi connectivity index (χ0) is 20.2. The summed E-state index contributed by atoms with van der Waals surface area (Å²) in [7, 11) is 0. The fourth-order valence-corrected chi connectivity index (χ4v) is 4.86. The van der Waals surface area contributed by atoms with E-state index in [1.807, 2.05) is 30.0 Å². The zero-order valence-electron chi connectivity index (χ0n) is 16.7. The van der Waals surface area contributed by atoms with E-state index < -0.39 is 0 Å². The molecule has 1 aliphatic heterocycles. The van der Waals surface area contributed by atoms with Crippen LogP contribution in [0.25, 0.3) is 0 Å². The molecule has 1 aromatic carbocycles. The van der Waals surface area contributed by atoms with Gasteiger partial charge in [-0.15, -0.1) is 10.2 Å². The van der Waals surface area contributed by atoms with Crippen LogP contribution in [0.5, 0.6) is 5.75 Å². The first-order valence-electron chi connectivity index (χ1n) is 10.4. The van der Waals surface area contributed by atoms with Crippen molar-refractivity contribution in [3.05, 3.63) is 35.1 Å². The van der Waals surface area contributed by atoms with E-state index in [1.165, 1.54) is 24.6 Å². The van der Waals surface area contributed by atoms with Gasteiger partial charge in [0.1, 0.15) is 12.4 Å². The second-order valence-electron chi connectivity index (χ2n) is 7.72. The maximum atomic E-state index is 12.9. The summed E-state index contributed by atoms with van der Waals surface area (Å²) in [5.74, 6) is 1.62. The summed E-state index contributed by atoms with van der Waals surface area (Å²) in [5, 5.41) is 9.96. The first kappa shape index (κ1) is 20.5. The lowest BCUT2D eigenvalue weighted by Crippen LogP contribution is -2.37. The third-order valence-corrected chi connectivity index (χ3v) is 6.74. The molecule has 2 aliphatic rings. The number of likely N-dealkylation sites (tertiary alicyclic amines) is 1. The summed E-state index contributed by atoms with van der Waals surface area (Å²) >= 11 is 7.69. The van der Waals surface area contributed by atoms with Crippen LogP contribution in [-0.2, 0) is 11.4 Å². The first-order valence-corrected chi connectivity index (χ1v) is 11.7. The molecular weight excluding hydrogens is 408 g/mol. The van der Waals surface area contributed by atoms with Crippen LogP contribution in [0.3, 0.4) is 0 Å². The third-order valence-electron chi connectivity index (χ3n) is 5.39. The van der Waals surface area contributed by atoms with Gasteiger partial charge in [-0.1, -0.05) is 48.3 Å². The number of nitrogens with zero attached hydrogens (tertiary/aromatic N) is 4. The molecule has 0 N–H and O–H groups in total. The van der Waals surface area contributed by atoms with E-state index in [0.717, 1.165) is 49.8 Å². The van der Waals surface area contributed by atoms with Gasteiger partial charge in [0.05, 0.1) is 10.3 Å². The predicted octanol–water partition coefficient (Wildman–Crippen LogP) is 4.73. The highest BCUT2D eigenvalue weighted by Crippen LogP contribution is 2.40. The largest absolute Gasteiger partial charge is 0.484 e. The molecule has 6 nitrogen and oxygen atoms in total. The monoisotopic (exact) mass is 434 g/mol. The van der Waals surface area contributed by atoms with Gasteiger partial charge in [-0.25, -0.2) is 0 Å². The minimum absolute atomic E-state index is 0.174. The molecule has 1 amide bonds. The van der Waals surface area contributed by atoms with Crippen molar-refractivity contribution < 1.29 is 9.53 Å². The van der Waals surface area contributed by atoms with Crippen LogP contribution in [-0.4, -0.2) is 43.9 Å². The molecule has 0 bridgehead atoms. The molecule has 0 unspecified atom stereocenters. The Bertz CT molecular complexity index is 847. The van der Waals surface area contributed by atoms with Crippen LogP contribution in [0.15, 0.2) is 29.4 Å².